The molecule has 6 heteroatoms. The molecular formula is C23H27NO5. The lowest BCUT2D eigenvalue weighted by Gasteiger charge is -2.32. The monoisotopic (exact) mass is 397 g/mol. The number of rotatable bonds is 4. The minimum Gasteiger partial charge on any atom is -0.457 e. The highest BCUT2D eigenvalue weighted by atomic mass is 16.7. The molecule has 1 atom stereocenters. The van der Waals surface area contributed by atoms with Crippen LogP contribution >= 0.6 is 0 Å². The maximum Gasteiger partial charge on any atom is 0.408 e. The number of esters is 1. The van der Waals surface area contributed by atoms with Crippen molar-refractivity contribution in [3.8, 4) is 0 Å². The van der Waals surface area contributed by atoms with Gasteiger partial charge in [-0.1, -0.05) is 36.4 Å². The Morgan fingerprint density at radius 2 is 1.79 bits per heavy atom. The van der Waals surface area contributed by atoms with Gasteiger partial charge >= 0.3 is 12.1 Å². The van der Waals surface area contributed by atoms with Gasteiger partial charge in [0.05, 0.1) is 12.1 Å². The second-order valence-corrected chi connectivity index (χ2v) is 8.54. The summed E-state index contributed by atoms with van der Waals surface area (Å²) in [4.78, 5) is 24.4. The largest absolute Gasteiger partial charge is 0.457 e. The molecule has 0 saturated carbocycles. The number of carbonyl (C=O) groups is 2. The molecule has 1 N–H and O–H groups in total. The zero-order valence-corrected chi connectivity index (χ0v) is 17.4. The van der Waals surface area contributed by atoms with Crippen molar-refractivity contribution in [2.75, 3.05) is 0 Å². The maximum absolute atomic E-state index is 12.5. The van der Waals surface area contributed by atoms with Gasteiger partial charge < -0.3 is 19.5 Å². The minimum atomic E-state index is -1.05. The van der Waals surface area contributed by atoms with Crippen LogP contribution in [0.4, 0.5) is 4.79 Å². The van der Waals surface area contributed by atoms with Crippen LogP contribution in [0.15, 0.2) is 54.3 Å². The number of fused-ring (bicyclic) bond motifs is 1. The molecular weight excluding hydrogens is 370 g/mol. The van der Waals surface area contributed by atoms with Crippen molar-refractivity contribution in [1.82, 2.24) is 5.32 Å². The van der Waals surface area contributed by atoms with Crippen molar-refractivity contribution in [2.45, 2.75) is 58.5 Å². The number of nitrogens with one attached hydrogen (secondary N) is 1. The average Bonchev–Trinajstić information content (AvgIpc) is 2.57. The lowest BCUT2D eigenvalue weighted by molar-refractivity contribution is -0.206. The van der Waals surface area contributed by atoms with E-state index in [4.69, 9.17) is 14.2 Å². The Morgan fingerprint density at radius 1 is 1.10 bits per heavy atom. The fraction of sp³-hybridized carbons (Fsp3) is 0.391. The summed E-state index contributed by atoms with van der Waals surface area (Å²) in [5.41, 5.74) is 0.264. The molecule has 29 heavy (non-hydrogen) atoms. The van der Waals surface area contributed by atoms with E-state index in [-0.39, 0.29) is 6.42 Å². The van der Waals surface area contributed by atoms with E-state index in [1.807, 2.05) is 63.2 Å². The highest BCUT2D eigenvalue weighted by Gasteiger charge is 2.32. The molecule has 0 fully saturated rings. The Labute approximate surface area is 170 Å². The Hall–Kier alpha value is -3.02. The van der Waals surface area contributed by atoms with Gasteiger partial charge in [-0.05, 0) is 43.2 Å². The Balaban J connectivity index is 1.90. The molecule has 0 aliphatic carbocycles. The van der Waals surface area contributed by atoms with Gasteiger partial charge in [-0.15, -0.1) is 0 Å². The number of carbonyl (C=O) groups excluding carboxylic acids is 2. The third-order valence-electron chi connectivity index (χ3n) is 4.27. The summed E-state index contributed by atoms with van der Waals surface area (Å²) in [6.45, 7) is 8.77. The Bertz CT molecular complexity index is 955. The standard InChI is InChI=1S/C23H27NO5/c1-22(2,3)29-21(26)24-19(13-18-14-20(25)28-23(4,5)27-18)17-11-10-15-8-6-7-9-16(15)12-17/h6-12,14,19H,13H2,1-5H3,(H,24,26)/t19-/m1/s1. The van der Waals surface area contributed by atoms with Gasteiger partial charge in [0.2, 0.25) is 5.79 Å². The topological polar surface area (TPSA) is 73.9 Å². The van der Waals surface area contributed by atoms with Crippen LogP contribution < -0.4 is 5.32 Å². The van der Waals surface area contributed by atoms with E-state index in [1.165, 1.54) is 6.08 Å². The normalized spacial score (nSPS) is 17.0. The molecule has 6 nitrogen and oxygen atoms in total. The molecule has 0 radical (unpaired) electrons. The molecule has 0 saturated heterocycles. The van der Waals surface area contributed by atoms with Crippen LogP contribution in [0.25, 0.3) is 10.8 Å². The number of hydrogen-bond donors (Lipinski definition) is 1. The number of cyclic esters (lactones) is 1. The van der Waals surface area contributed by atoms with E-state index >= 15 is 0 Å². The van der Waals surface area contributed by atoms with Crippen molar-refractivity contribution >= 4 is 22.8 Å². The summed E-state index contributed by atoms with van der Waals surface area (Å²) >= 11 is 0. The predicted molar refractivity (Wildman–Crippen MR) is 110 cm³/mol. The van der Waals surface area contributed by atoms with Crippen molar-refractivity contribution in [1.29, 1.82) is 0 Å². The SMILES string of the molecule is CC(C)(C)OC(=O)N[C@H](CC1=CC(=O)OC(C)(C)O1)c1ccc2ccccc2c1. The quantitative estimate of drug-likeness (QED) is 0.736. The molecule has 1 amide bonds. The smallest absolute Gasteiger partial charge is 0.408 e. The third kappa shape index (κ3) is 5.73. The molecule has 1 aliphatic rings. The lowest BCUT2D eigenvalue weighted by atomic mass is 9.98. The summed E-state index contributed by atoms with van der Waals surface area (Å²) < 4.78 is 16.4. The van der Waals surface area contributed by atoms with Crippen molar-refractivity contribution in [3.05, 3.63) is 59.9 Å². The highest BCUT2D eigenvalue weighted by molar-refractivity contribution is 5.84. The van der Waals surface area contributed by atoms with E-state index in [2.05, 4.69) is 5.32 Å². The highest BCUT2D eigenvalue weighted by Crippen LogP contribution is 2.30. The van der Waals surface area contributed by atoms with Gasteiger partial charge in [0.15, 0.2) is 0 Å². The van der Waals surface area contributed by atoms with Crippen molar-refractivity contribution in [3.63, 3.8) is 0 Å². The first-order valence-electron chi connectivity index (χ1n) is 9.61. The second kappa shape index (κ2) is 7.78. The lowest BCUT2D eigenvalue weighted by Crippen LogP contribution is -2.37. The van der Waals surface area contributed by atoms with E-state index in [0.29, 0.717) is 5.76 Å². The summed E-state index contributed by atoms with van der Waals surface area (Å²) in [6, 6.07) is 13.5. The van der Waals surface area contributed by atoms with Gasteiger partial charge in [0.1, 0.15) is 11.4 Å². The fourth-order valence-electron chi connectivity index (χ4n) is 3.20. The molecule has 3 rings (SSSR count). The molecule has 1 heterocycles. The average molecular weight is 397 g/mol. The van der Waals surface area contributed by atoms with Crippen LogP contribution in [0.3, 0.4) is 0 Å². The summed E-state index contributed by atoms with van der Waals surface area (Å²) in [7, 11) is 0. The maximum atomic E-state index is 12.5. The Morgan fingerprint density at radius 3 is 2.45 bits per heavy atom. The molecule has 0 aromatic heterocycles. The van der Waals surface area contributed by atoms with Crippen molar-refractivity contribution in [2.24, 2.45) is 0 Å². The number of amides is 1. The zero-order valence-electron chi connectivity index (χ0n) is 17.4. The van der Waals surface area contributed by atoms with Crippen LogP contribution in [0.5, 0.6) is 0 Å². The minimum absolute atomic E-state index is 0.288. The fourth-order valence-corrected chi connectivity index (χ4v) is 3.20. The van der Waals surface area contributed by atoms with E-state index in [1.54, 1.807) is 13.8 Å². The van der Waals surface area contributed by atoms with Gasteiger partial charge in [0, 0.05) is 20.3 Å². The molecule has 2 aromatic rings. The first-order valence-corrected chi connectivity index (χ1v) is 9.61. The first-order chi connectivity index (χ1) is 13.5. The van der Waals surface area contributed by atoms with Crippen LogP contribution in [-0.2, 0) is 19.0 Å². The molecule has 0 unspecified atom stereocenters. The zero-order chi connectivity index (χ0) is 21.2. The van der Waals surface area contributed by atoms with Crippen LogP contribution in [-0.4, -0.2) is 23.5 Å². The molecule has 1 aliphatic heterocycles. The van der Waals surface area contributed by atoms with E-state index < -0.39 is 29.5 Å². The van der Waals surface area contributed by atoms with Crippen LogP contribution in [0, 0.1) is 0 Å². The third-order valence-corrected chi connectivity index (χ3v) is 4.27. The van der Waals surface area contributed by atoms with Crippen LogP contribution in [0.1, 0.15) is 52.6 Å². The summed E-state index contributed by atoms with van der Waals surface area (Å²) in [5.74, 6) is -1.08. The summed E-state index contributed by atoms with van der Waals surface area (Å²) in [6.07, 6.45) is 1.07. The van der Waals surface area contributed by atoms with Gasteiger partial charge in [-0.25, -0.2) is 9.59 Å². The number of hydrogen-bond acceptors (Lipinski definition) is 5. The number of ether oxygens (including phenoxy) is 3. The molecule has 154 valence electrons. The second-order valence-electron chi connectivity index (χ2n) is 8.54. The van der Waals surface area contributed by atoms with E-state index in [9.17, 15) is 9.59 Å². The molecule has 0 bridgehead atoms. The Kier molecular flexibility index (Phi) is 5.55. The number of benzene rings is 2. The van der Waals surface area contributed by atoms with Gasteiger partial charge in [0.25, 0.3) is 0 Å². The number of alkyl carbamates (subject to hydrolysis) is 1. The molecule has 2 aromatic carbocycles. The predicted octanol–water partition coefficient (Wildman–Crippen LogP) is 4.99. The van der Waals surface area contributed by atoms with Crippen LogP contribution in [0.2, 0.25) is 0 Å². The van der Waals surface area contributed by atoms with E-state index in [0.717, 1.165) is 16.3 Å². The van der Waals surface area contributed by atoms with Gasteiger partial charge in [-0.3, -0.25) is 0 Å². The summed E-state index contributed by atoms with van der Waals surface area (Å²) in [5, 5.41) is 5.07. The first kappa shape index (κ1) is 20.7. The molecule has 0 spiro atoms. The van der Waals surface area contributed by atoms with Crippen molar-refractivity contribution < 1.29 is 23.8 Å². The van der Waals surface area contributed by atoms with Gasteiger partial charge in [-0.2, -0.15) is 0 Å².